The van der Waals surface area contributed by atoms with Crippen LogP contribution < -0.4 is 4.90 Å². The fraction of sp³-hybridized carbons (Fsp3) is 0.562. The zero-order valence-corrected chi connectivity index (χ0v) is 13.7. The van der Waals surface area contributed by atoms with Gasteiger partial charge >= 0.3 is 17.8 Å². The van der Waals surface area contributed by atoms with Crippen molar-refractivity contribution in [1.29, 1.82) is 0 Å². The van der Waals surface area contributed by atoms with Crippen molar-refractivity contribution in [3.63, 3.8) is 0 Å². The van der Waals surface area contributed by atoms with Gasteiger partial charge in [-0.1, -0.05) is 0 Å². The van der Waals surface area contributed by atoms with Gasteiger partial charge in [0.25, 0.3) is 0 Å². The lowest BCUT2D eigenvalue weighted by Crippen LogP contribution is -2.55. The first-order chi connectivity index (χ1) is 10.8. The Hall–Kier alpha value is -2.15. The van der Waals surface area contributed by atoms with Crippen molar-refractivity contribution in [3.05, 3.63) is 24.8 Å². The first-order valence-corrected chi connectivity index (χ1v) is 7.87. The number of piperidine rings is 1. The first-order valence-electron chi connectivity index (χ1n) is 7.87. The number of amides is 2. The number of carbonyl (C=O) groups excluding carboxylic acids is 2. The van der Waals surface area contributed by atoms with Gasteiger partial charge in [-0.25, -0.2) is 4.79 Å². The Morgan fingerprint density at radius 3 is 2.91 bits per heavy atom. The van der Waals surface area contributed by atoms with Crippen molar-refractivity contribution in [1.82, 2.24) is 14.7 Å². The maximum atomic E-state index is 12.5. The molecule has 0 saturated carbocycles. The molecule has 3 aliphatic rings. The number of likely N-dealkylation sites (tertiary alicyclic amines) is 1. The Balaban J connectivity index is 1.68. The topological polar surface area (TPSA) is 68.1 Å². The average molecular weight is 318 g/mol. The van der Waals surface area contributed by atoms with Crippen LogP contribution in [-0.4, -0.2) is 52.4 Å². The second kappa shape index (κ2) is 5.81. The highest BCUT2D eigenvalue weighted by Crippen LogP contribution is 2.22. The molecule has 23 heavy (non-hydrogen) atoms. The highest BCUT2D eigenvalue weighted by Gasteiger charge is 2.42. The largest absolute Gasteiger partial charge is 0.444 e. The van der Waals surface area contributed by atoms with Crippen molar-refractivity contribution in [3.8, 4) is 0 Å². The van der Waals surface area contributed by atoms with Gasteiger partial charge < -0.3 is 9.64 Å². The van der Waals surface area contributed by atoms with Crippen molar-refractivity contribution in [2.24, 2.45) is 4.99 Å². The van der Waals surface area contributed by atoms with Gasteiger partial charge in [0, 0.05) is 13.1 Å². The lowest BCUT2D eigenvalue weighted by atomic mass is 10.0. The van der Waals surface area contributed by atoms with E-state index in [9.17, 15) is 9.59 Å². The second-order valence-electron chi connectivity index (χ2n) is 6.89. The lowest BCUT2D eigenvalue weighted by molar-refractivity contribution is -0.125. The molecule has 0 aromatic carbocycles. The molecule has 3 rings (SSSR count). The van der Waals surface area contributed by atoms with Crippen LogP contribution in [0.1, 0.15) is 33.6 Å². The molecule has 3 heterocycles. The van der Waals surface area contributed by atoms with Gasteiger partial charge in [0.1, 0.15) is 5.60 Å². The molecule has 1 radical (unpaired) electrons. The van der Waals surface area contributed by atoms with Crippen LogP contribution >= 0.6 is 0 Å². The molecule has 0 N–H and O–H groups in total. The molecule has 0 spiro atoms. The number of hydrogen-bond donors (Lipinski definition) is 0. The lowest BCUT2D eigenvalue weighted by Gasteiger charge is -2.38. The summed E-state index contributed by atoms with van der Waals surface area (Å²) in [6.07, 6.45) is 8.31. The molecule has 7 nitrogen and oxygen atoms in total. The number of fused-ring (bicyclic) bond motifs is 1. The van der Waals surface area contributed by atoms with Crippen molar-refractivity contribution in [2.75, 3.05) is 13.1 Å². The number of nitrogens with zero attached hydrogens (tertiary/aromatic N) is 4. The molecule has 1 atom stereocenters. The Morgan fingerprint density at radius 2 is 2.17 bits per heavy atom. The third-order valence-corrected chi connectivity index (χ3v) is 3.92. The molecule has 1 fully saturated rings. The quantitative estimate of drug-likeness (QED) is 0.691. The van der Waals surface area contributed by atoms with Crippen LogP contribution in [0.4, 0.5) is 4.79 Å². The second-order valence-corrected chi connectivity index (χ2v) is 6.89. The zero-order valence-electron chi connectivity index (χ0n) is 13.7. The smallest absolute Gasteiger partial charge is 0.410 e. The number of amidine groups is 1. The summed E-state index contributed by atoms with van der Waals surface area (Å²) in [5.74, 6) is 0.274. The molecule has 123 valence electrons. The van der Waals surface area contributed by atoms with Gasteiger partial charge in [0.15, 0.2) is 12.4 Å². The fourth-order valence-corrected chi connectivity index (χ4v) is 2.89. The van der Waals surface area contributed by atoms with Gasteiger partial charge in [-0.05, 0) is 38.5 Å². The van der Waals surface area contributed by atoms with Gasteiger partial charge in [0.2, 0.25) is 0 Å². The maximum Gasteiger partial charge on any atom is 0.410 e. The van der Waals surface area contributed by atoms with E-state index in [2.05, 4.69) is 4.99 Å². The summed E-state index contributed by atoms with van der Waals surface area (Å²) >= 11 is 0. The van der Waals surface area contributed by atoms with Crippen LogP contribution in [0.3, 0.4) is 0 Å². The van der Waals surface area contributed by atoms with Crippen LogP contribution in [0.5, 0.6) is 0 Å². The molecular formula is C16H22N4O3+. The van der Waals surface area contributed by atoms with Crippen molar-refractivity contribution >= 4 is 17.8 Å². The summed E-state index contributed by atoms with van der Waals surface area (Å²) in [6, 6.07) is -0.0505. The summed E-state index contributed by atoms with van der Waals surface area (Å²) in [5, 5.41) is 0. The maximum absolute atomic E-state index is 12.5. The number of hydrogen-bond acceptors (Lipinski definition) is 5. The normalized spacial score (nSPS) is 24.7. The van der Waals surface area contributed by atoms with Crippen molar-refractivity contribution < 1.29 is 14.3 Å². The molecule has 0 aromatic rings. The third-order valence-electron chi connectivity index (χ3n) is 3.92. The van der Waals surface area contributed by atoms with Crippen molar-refractivity contribution in [2.45, 2.75) is 45.3 Å². The number of rotatable bonds is 1. The Kier molecular flexibility index (Phi) is 3.97. The third kappa shape index (κ3) is 3.29. The van der Waals surface area contributed by atoms with Crippen LogP contribution in [-0.2, 0) is 9.53 Å². The Morgan fingerprint density at radius 1 is 1.39 bits per heavy atom. The van der Waals surface area contributed by atoms with E-state index in [-0.39, 0.29) is 18.0 Å². The SMILES string of the molecule is CC(C)(C)OC(=O)N1CCCC(N2C=C[N+]3C=CN=C3C2=O)C1. The van der Waals surface area contributed by atoms with Gasteiger partial charge in [-0.3, -0.25) is 9.69 Å². The van der Waals surface area contributed by atoms with Gasteiger partial charge in [-0.15, -0.1) is 0 Å². The Labute approximate surface area is 135 Å². The van der Waals surface area contributed by atoms with E-state index in [0.29, 0.717) is 18.9 Å². The summed E-state index contributed by atoms with van der Waals surface area (Å²) in [7, 11) is 0. The molecule has 0 bridgehead atoms. The first kappa shape index (κ1) is 15.7. The summed E-state index contributed by atoms with van der Waals surface area (Å²) < 4.78 is 5.43. The van der Waals surface area contributed by atoms with E-state index in [0.717, 1.165) is 12.8 Å². The number of ether oxygens (including phenoxy) is 1. The van der Waals surface area contributed by atoms with E-state index in [1.54, 1.807) is 33.3 Å². The molecular weight excluding hydrogens is 296 g/mol. The average Bonchev–Trinajstić information content (AvgIpc) is 2.95. The summed E-state index contributed by atoms with van der Waals surface area (Å²) in [6.45, 7) is 6.69. The predicted molar refractivity (Wildman–Crippen MR) is 85.5 cm³/mol. The van der Waals surface area contributed by atoms with Crippen LogP contribution in [0, 0.1) is 0 Å². The highest BCUT2D eigenvalue weighted by molar-refractivity contribution is 6.40. The van der Waals surface area contributed by atoms with Crippen LogP contribution in [0.15, 0.2) is 29.8 Å². The van der Waals surface area contributed by atoms with E-state index in [1.807, 2.05) is 27.0 Å². The van der Waals surface area contributed by atoms with E-state index in [4.69, 9.17) is 4.74 Å². The molecule has 2 amide bonds. The van der Waals surface area contributed by atoms with E-state index in [1.165, 1.54) is 0 Å². The minimum Gasteiger partial charge on any atom is -0.444 e. The van der Waals surface area contributed by atoms with Gasteiger partial charge in [-0.2, -0.15) is 4.99 Å². The van der Waals surface area contributed by atoms with E-state index >= 15 is 0 Å². The van der Waals surface area contributed by atoms with Crippen LogP contribution in [0.2, 0.25) is 0 Å². The zero-order chi connectivity index (χ0) is 16.6. The minimum absolute atomic E-state index is 0.0505. The number of carbonyl (C=O) groups is 2. The monoisotopic (exact) mass is 318 g/mol. The molecule has 7 heteroatoms. The molecule has 3 aliphatic heterocycles. The molecule has 0 aliphatic carbocycles. The summed E-state index contributed by atoms with van der Waals surface area (Å²) in [4.78, 5) is 33.9. The molecule has 1 saturated heterocycles. The van der Waals surface area contributed by atoms with Gasteiger partial charge in [0.05, 0.1) is 18.4 Å². The fourth-order valence-electron chi connectivity index (χ4n) is 2.89. The number of aliphatic imine (C=N–C) groups is 1. The van der Waals surface area contributed by atoms with E-state index < -0.39 is 5.60 Å². The highest BCUT2D eigenvalue weighted by atomic mass is 16.6. The molecule has 0 aromatic heterocycles. The standard InChI is InChI=1S/C16H22N4O3/c1-16(2,3)23-15(22)19-7-4-5-12(11-19)20-10-9-18-8-6-17-13(18)14(20)21/h6,8-10,12H,4-5,7,11H2,1-3H3/q+1. The minimum atomic E-state index is -0.518. The Bertz CT molecular complexity index is 603. The predicted octanol–water partition coefficient (Wildman–Crippen LogP) is 1.72. The summed E-state index contributed by atoms with van der Waals surface area (Å²) in [5.41, 5.74) is -0.518. The molecule has 1 unspecified atom stereocenters. The van der Waals surface area contributed by atoms with Crippen LogP contribution in [0.25, 0.3) is 0 Å².